The van der Waals surface area contributed by atoms with Gasteiger partial charge in [-0.05, 0) is 42.5 Å². The van der Waals surface area contributed by atoms with E-state index in [2.05, 4.69) is 15.9 Å². The Balaban J connectivity index is 2.12. The molecule has 135 valence electrons. The van der Waals surface area contributed by atoms with E-state index < -0.39 is 21.9 Å². The summed E-state index contributed by atoms with van der Waals surface area (Å²) in [6.07, 6.45) is -2.39. The Hall–Kier alpha value is -2.81. The van der Waals surface area contributed by atoms with Crippen LogP contribution in [0.1, 0.15) is 0 Å². The van der Waals surface area contributed by atoms with Crippen molar-refractivity contribution in [2.24, 2.45) is 0 Å². The van der Waals surface area contributed by atoms with Gasteiger partial charge in [-0.25, -0.2) is 13.1 Å². The Bertz CT molecular complexity index is 1040. The van der Waals surface area contributed by atoms with Gasteiger partial charge in [0, 0.05) is 11.8 Å². The fourth-order valence-corrected chi connectivity index (χ4v) is 3.05. The minimum absolute atomic E-state index is 0.0721. The van der Waals surface area contributed by atoms with Gasteiger partial charge < -0.3 is 4.74 Å². The molecule has 3 rings (SSSR count). The van der Waals surface area contributed by atoms with Crippen LogP contribution in [0.2, 0.25) is 0 Å². The van der Waals surface area contributed by atoms with Crippen molar-refractivity contribution >= 4 is 9.84 Å². The molecule has 5 nitrogen and oxygen atoms in total. The fourth-order valence-electron chi connectivity index (χ4n) is 2.39. The van der Waals surface area contributed by atoms with Gasteiger partial charge in [-0.1, -0.05) is 12.1 Å². The Morgan fingerprint density at radius 1 is 1.19 bits per heavy atom. The maximum absolute atomic E-state index is 12.6. The van der Waals surface area contributed by atoms with Crippen LogP contribution in [0.25, 0.3) is 16.9 Å². The topological polar surface area (TPSA) is 61.2 Å². The summed E-state index contributed by atoms with van der Waals surface area (Å²) in [5, 5.41) is 4.09. The second kappa shape index (κ2) is 6.49. The molecule has 0 fully saturated rings. The Kier molecular flexibility index (Phi) is 4.49. The third-order valence-electron chi connectivity index (χ3n) is 3.46. The summed E-state index contributed by atoms with van der Waals surface area (Å²) in [4.78, 5) is 0.0721. The number of halogens is 3. The first-order chi connectivity index (χ1) is 12.1. The molecule has 0 aliphatic rings. The van der Waals surface area contributed by atoms with E-state index >= 15 is 0 Å². The quantitative estimate of drug-likeness (QED) is 0.692. The largest absolute Gasteiger partial charge is 0.573 e. The molecule has 0 unspecified atom stereocenters. The van der Waals surface area contributed by atoms with E-state index in [0.717, 1.165) is 12.3 Å². The fraction of sp³-hybridized carbons (Fsp3) is 0.118. The smallest absolute Gasteiger partial charge is 0.405 e. The summed E-state index contributed by atoms with van der Waals surface area (Å²) in [5.74, 6) is -0.405. The zero-order valence-corrected chi connectivity index (χ0v) is 14.2. The van der Waals surface area contributed by atoms with Crippen LogP contribution in [-0.2, 0) is 9.84 Å². The predicted molar refractivity (Wildman–Crippen MR) is 87.6 cm³/mol. The van der Waals surface area contributed by atoms with Gasteiger partial charge in [0.05, 0.1) is 22.5 Å². The molecule has 0 aliphatic heterocycles. The summed E-state index contributed by atoms with van der Waals surface area (Å²) in [5.41, 5.74) is 0.800. The Morgan fingerprint density at radius 2 is 1.96 bits per heavy atom. The van der Waals surface area contributed by atoms with E-state index in [1.165, 1.54) is 47.3 Å². The molecule has 1 aromatic heterocycles. The molecule has 3 aromatic rings. The van der Waals surface area contributed by atoms with E-state index in [1.807, 2.05) is 0 Å². The maximum atomic E-state index is 12.6. The summed E-state index contributed by atoms with van der Waals surface area (Å²) in [6, 6.07) is 13.9. The molecule has 2 aromatic carbocycles. The number of sulfone groups is 1. The number of benzene rings is 2. The number of nitrogens with zero attached hydrogens (tertiary/aromatic N) is 2. The lowest BCUT2D eigenvalue weighted by molar-refractivity contribution is -0.274. The van der Waals surface area contributed by atoms with Crippen molar-refractivity contribution in [3.63, 3.8) is 0 Å². The summed E-state index contributed by atoms with van der Waals surface area (Å²) in [7, 11) is -3.45. The summed E-state index contributed by atoms with van der Waals surface area (Å²) < 4.78 is 66.8. The van der Waals surface area contributed by atoms with Crippen molar-refractivity contribution in [3.8, 4) is 22.7 Å². The van der Waals surface area contributed by atoms with Crippen LogP contribution in [-0.4, -0.2) is 30.8 Å². The third-order valence-corrected chi connectivity index (χ3v) is 4.57. The average molecular weight is 381 g/mol. The molecule has 26 heavy (non-hydrogen) atoms. The minimum atomic E-state index is -4.85. The number of rotatable bonds is 4. The maximum Gasteiger partial charge on any atom is 0.573 e. The van der Waals surface area contributed by atoms with E-state index in [9.17, 15) is 21.6 Å². The molecule has 0 aliphatic carbocycles. The second-order valence-corrected chi connectivity index (χ2v) is 7.38. The number of alkyl halides is 3. The zero-order valence-electron chi connectivity index (χ0n) is 13.4. The lowest BCUT2D eigenvalue weighted by atomic mass is 10.1. The minimum Gasteiger partial charge on any atom is -0.405 e. The lowest BCUT2D eigenvalue weighted by Gasteiger charge is -2.14. The zero-order chi connectivity index (χ0) is 18.9. The highest BCUT2D eigenvalue weighted by molar-refractivity contribution is 7.90. The monoisotopic (exact) mass is 381 g/mol. The highest BCUT2D eigenvalue weighted by atomic mass is 32.2. The number of hydrogen-bond acceptors (Lipinski definition) is 4. The van der Waals surface area contributed by atoms with Crippen LogP contribution in [0.5, 0.6) is 5.75 Å². The van der Waals surface area contributed by atoms with Crippen molar-refractivity contribution in [1.82, 2.24) is 9.78 Å². The number of ether oxygens (including phenoxy) is 1. The van der Waals surface area contributed by atoms with Gasteiger partial charge >= 0.3 is 6.36 Å². The SMILES string of the molecule is CS(=O)(=O)c1cccc(-n2nccc2-c2c[c]ccc2OC(F)(F)F)c1. The van der Waals surface area contributed by atoms with E-state index in [0.29, 0.717) is 11.4 Å². The molecule has 0 bridgehead atoms. The van der Waals surface area contributed by atoms with Crippen LogP contribution >= 0.6 is 0 Å². The van der Waals surface area contributed by atoms with Crippen molar-refractivity contribution in [2.45, 2.75) is 11.3 Å². The van der Waals surface area contributed by atoms with Crippen LogP contribution < -0.4 is 4.74 Å². The lowest BCUT2D eigenvalue weighted by Crippen LogP contribution is -2.17. The molecule has 0 saturated heterocycles. The van der Waals surface area contributed by atoms with E-state index in [1.54, 1.807) is 6.07 Å². The van der Waals surface area contributed by atoms with Crippen molar-refractivity contribution in [2.75, 3.05) is 6.26 Å². The molecule has 1 radical (unpaired) electrons. The van der Waals surface area contributed by atoms with Crippen LogP contribution in [0.4, 0.5) is 13.2 Å². The number of hydrogen-bond donors (Lipinski definition) is 0. The highest BCUT2D eigenvalue weighted by Crippen LogP contribution is 2.34. The molecule has 0 atom stereocenters. The van der Waals surface area contributed by atoms with Gasteiger partial charge in [0.2, 0.25) is 0 Å². The Labute approximate surface area is 147 Å². The molecule has 9 heteroatoms. The predicted octanol–water partition coefficient (Wildman–Crippen LogP) is 3.64. The standard InChI is InChI=1S/C17H12F3N2O3S/c1-26(23,24)13-6-4-5-12(11-13)22-15(9-10-21-22)14-7-2-3-8-16(14)25-17(18,19)20/h3-11H,1H3. The van der Waals surface area contributed by atoms with Crippen LogP contribution in [0.3, 0.4) is 0 Å². The normalized spacial score (nSPS) is 12.2. The third kappa shape index (κ3) is 3.88. The van der Waals surface area contributed by atoms with E-state index in [-0.39, 0.29) is 10.5 Å². The summed E-state index contributed by atoms with van der Waals surface area (Å²) in [6.45, 7) is 0. The van der Waals surface area contributed by atoms with Gasteiger partial charge in [0.15, 0.2) is 9.84 Å². The average Bonchev–Trinajstić information content (AvgIpc) is 3.02. The van der Waals surface area contributed by atoms with Gasteiger partial charge in [0.1, 0.15) is 5.75 Å². The molecular formula is C17H12F3N2O3S. The van der Waals surface area contributed by atoms with Gasteiger partial charge in [-0.2, -0.15) is 5.10 Å². The molecule has 0 saturated carbocycles. The van der Waals surface area contributed by atoms with Crippen LogP contribution in [0.15, 0.2) is 59.6 Å². The van der Waals surface area contributed by atoms with Crippen molar-refractivity contribution in [1.29, 1.82) is 0 Å². The van der Waals surface area contributed by atoms with E-state index in [4.69, 9.17) is 0 Å². The van der Waals surface area contributed by atoms with Crippen LogP contribution in [0, 0.1) is 6.07 Å². The first kappa shape index (κ1) is 18.0. The second-order valence-electron chi connectivity index (χ2n) is 5.37. The van der Waals surface area contributed by atoms with Crippen molar-refractivity contribution in [3.05, 3.63) is 60.8 Å². The van der Waals surface area contributed by atoms with Gasteiger partial charge in [-0.3, -0.25) is 0 Å². The van der Waals surface area contributed by atoms with Gasteiger partial charge in [0.25, 0.3) is 0 Å². The Morgan fingerprint density at radius 3 is 2.65 bits per heavy atom. The molecule has 0 spiro atoms. The van der Waals surface area contributed by atoms with Crippen molar-refractivity contribution < 1.29 is 26.3 Å². The highest BCUT2D eigenvalue weighted by Gasteiger charge is 2.32. The molecule has 0 amide bonds. The molecule has 0 N–H and O–H groups in total. The first-order valence-electron chi connectivity index (χ1n) is 7.26. The molecule has 1 heterocycles. The summed E-state index contributed by atoms with van der Waals surface area (Å²) >= 11 is 0. The first-order valence-corrected chi connectivity index (χ1v) is 9.15. The number of aromatic nitrogens is 2. The van der Waals surface area contributed by atoms with Gasteiger partial charge in [-0.15, -0.1) is 13.2 Å². The molecular weight excluding hydrogens is 369 g/mol.